The van der Waals surface area contributed by atoms with Gasteiger partial charge in [0.05, 0.1) is 12.3 Å². The lowest BCUT2D eigenvalue weighted by Gasteiger charge is -2.08. The Morgan fingerprint density at radius 1 is 1.22 bits per heavy atom. The van der Waals surface area contributed by atoms with Gasteiger partial charge in [0, 0.05) is 23.9 Å². The van der Waals surface area contributed by atoms with Gasteiger partial charge in [-0.05, 0) is 25.1 Å². The number of hydrogen-bond donors (Lipinski definition) is 0. The first-order valence-corrected chi connectivity index (χ1v) is 7.27. The summed E-state index contributed by atoms with van der Waals surface area (Å²) in [6.45, 7) is 1.98. The quantitative estimate of drug-likeness (QED) is 0.811. The van der Waals surface area contributed by atoms with E-state index in [4.69, 9.17) is 4.74 Å². The Labute approximate surface area is 133 Å². The van der Waals surface area contributed by atoms with Crippen LogP contribution in [0.15, 0.2) is 54.9 Å². The summed E-state index contributed by atoms with van der Waals surface area (Å²) in [7, 11) is 0. The van der Waals surface area contributed by atoms with Crippen molar-refractivity contribution in [1.29, 1.82) is 0 Å². The van der Waals surface area contributed by atoms with Crippen LogP contribution in [0.1, 0.15) is 39.4 Å². The SMILES string of the molecule is CCOC(=O)c1cc(C2C=CC=C2)n(C(=O)c2ccncc2)n1. The summed E-state index contributed by atoms with van der Waals surface area (Å²) in [4.78, 5) is 28.5. The number of ether oxygens (including phenoxy) is 1. The zero-order valence-corrected chi connectivity index (χ0v) is 12.5. The van der Waals surface area contributed by atoms with Gasteiger partial charge in [0.25, 0.3) is 5.91 Å². The fourth-order valence-electron chi connectivity index (χ4n) is 2.35. The number of nitrogens with zero attached hydrogens (tertiary/aromatic N) is 3. The Hall–Kier alpha value is -3.02. The monoisotopic (exact) mass is 309 g/mol. The molecule has 2 aromatic heterocycles. The van der Waals surface area contributed by atoms with Gasteiger partial charge in [0.15, 0.2) is 5.69 Å². The Kier molecular flexibility index (Phi) is 4.14. The van der Waals surface area contributed by atoms with Gasteiger partial charge in [-0.2, -0.15) is 9.78 Å². The first kappa shape index (κ1) is 14.9. The predicted octanol–water partition coefficient (Wildman–Crippen LogP) is 2.35. The summed E-state index contributed by atoms with van der Waals surface area (Å²) in [5, 5.41) is 4.15. The molecule has 1 aliphatic rings. The van der Waals surface area contributed by atoms with Crippen molar-refractivity contribution in [2.45, 2.75) is 12.8 Å². The van der Waals surface area contributed by atoms with Crippen LogP contribution in [0, 0.1) is 0 Å². The molecule has 0 N–H and O–H groups in total. The van der Waals surface area contributed by atoms with Gasteiger partial charge in [-0.1, -0.05) is 24.3 Å². The maximum atomic E-state index is 12.7. The van der Waals surface area contributed by atoms with Crippen molar-refractivity contribution in [3.8, 4) is 0 Å². The zero-order chi connectivity index (χ0) is 16.2. The third-order valence-electron chi connectivity index (χ3n) is 3.43. The minimum atomic E-state index is -0.541. The van der Waals surface area contributed by atoms with Crippen molar-refractivity contribution < 1.29 is 14.3 Å². The molecule has 0 saturated heterocycles. The van der Waals surface area contributed by atoms with Crippen LogP contribution in [0.3, 0.4) is 0 Å². The molecule has 0 bridgehead atoms. The van der Waals surface area contributed by atoms with Crippen LogP contribution in [-0.2, 0) is 4.74 Å². The second kappa shape index (κ2) is 6.39. The van der Waals surface area contributed by atoms with E-state index < -0.39 is 5.97 Å². The van der Waals surface area contributed by atoms with E-state index in [1.165, 1.54) is 17.1 Å². The van der Waals surface area contributed by atoms with E-state index in [2.05, 4.69) is 10.1 Å². The molecule has 2 aromatic rings. The van der Waals surface area contributed by atoms with Crippen molar-refractivity contribution in [1.82, 2.24) is 14.8 Å². The maximum absolute atomic E-state index is 12.7. The summed E-state index contributed by atoms with van der Waals surface area (Å²) in [6.07, 6.45) is 10.7. The molecule has 0 radical (unpaired) electrons. The van der Waals surface area contributed by atoms with Crippen LogP contribution in [0.4, 0.5) is 0 Å². The van der Waals surface area contributed by atoms with Gasteiger partial charge in [0.2, 0.25) is 0 Å². The lowest BCUT2D eigenvalue weighted by atomic mass is 10.1. The number of pyridine rings is 1. The fourth-order valence-corrected chi connectivity index (χ4v) is 2.35. The average molecular weight is 309 g/mol. The summed E-state index contributed by atoms with van der Waals surface area (Å²) >= 11 is 0. The van der Waals surface area contributed by atoms with Crippen LogP contribution < -0.4 is 0 Å². The molecular formula is C17H15N3O3. The maximum Gasteiger partial charge on any atom is 0.358 e. The standard InChI is InChI=1S/C17H15N3O3/c1-2-23-17(22)14-11-15(12-5-3-4-6-12)20(19-14)16(21)13-7-9-18-10-8-13/h3-12H,2H2,1H3. The van der Waals surface area contributed by atoms with Crippen LogP contribution in [0.25, 0.3) is 0 Å². The molecule has 23 heavy (non-hydrogen) atoms. The molecule has 0 aliphatic heterocycles. The van der Waals surface area contributed by atoms with Crippen molar-refractivity contribution in [3.63, 3.8) is 0 Å². The van der Waals surface area contributed by atoms with E-state index in [1.807, 2.05) is 24.3 Å². The first-order chi connectivity index (χ1) is 11.2. The normalized spacial score (nSPS) is 13.4. The van der Waals surface area contributed by atoms with Gasteiger partial charge in [-0.25, -0.2) is 4.79 Å². The molecule has 0 atom stereocenters. The minimum absolute atomic E-state index is 0.100. The van der Waals surface area contributed by atoms with Crippen molar-refractivity contribution in [3.05, 3.63) is 71.8 Å². The predicted molar refractivity (Wildman–Crippen MR) is 83.2 cm³/mol. The van der Waals surface area contributed by atoms with E-state index >= 15 is 0 Å². The Bertz CT molecular complexity index is 779. The Balaban J connectivity index is 2.03. The molecular weight excluding hydrogens is 294 g/mol. The topological polar surface area (TPSA) is 74.1 Å². The molecule has 0 aromatic carbocycles. The Morgan fingerprint density at radius 3 is 2.57 bits per heavy atom. The van der Waals surface area contributed by atoms with Gasteiger partial charge in [-0.3, -0.25) is 9.78 Å². The minimum Gasteiger partial charge on any atom is -0.461 e. The highest BCUT2D eigenvalue weighted by molar-refractivity contribution is 5.97. The number of carbonyl (C=O) groups is 2. The zero-order valence-electron chi connectivity index (χ0n) is 12.5. The van der Waals surface area contributed by atoms with Crippen LogP contribution >= 0.6 is 0 Å². The molecule has 0 fully saturated rings. The molecule has 0 saturated carbocycles. The van der Waals surface area contributed by atoms with Gasteiger partial charge in [-0.15, -0.1) is 0 Å². The summed E-state index contributed by atoms with van der Waals surface area (Å²) < 4.78 is 6.23. The number of esters is 1. The highest BCUT2D eigenvalue weighted by Gasteiger charge is 2.24. The first-order valence-electron chi connectivity index (χ1n) is 7.27. The van der Waals surface area contributed by atoms with Crippen LogP contribution in [-0.4, -0.2) is 33.2 Å². The molecule has 116 valence electrons. The number of allylic oxidation sites excluding steroid dienone is 4. The second-order valence-corrected chi connectivity index (χ2v) is 4.92. The van der Waals surface area contributed by atoms with E-state index in [0.29, 0.717) is 11.3 Å². The van der Waals surface area contributed by atoms with Crippen molar-refractivity contribution >= 4 is 11.9 Å². The molecule has 1 aliphatic carbocycles. The highest BCUT2D eigenvalue weighted by atomic mass is 16.5. The van der Waals surface area contributed by atoms with E-state index in [0.717, 1.165) is 0 Å². The summed E-state index contributed by atoms with van der Waals surface area (Å²) in [6, 6.07) is 4.82. The molecule has 6 heteroatoms. The van der Waals surface area contributed by atoms with Crippen LogP contribution in [0.2, 0.25) is 0 Å². The van der Waals surface area contributed by atoms with E-state index in [9.17, 15) is 9.59 Å². The molecule has 6 nitrogen and oxygen atoms in total. The third kappa shape index (κ3) is 2.96. The molecule has 0 amide bonds. The number of carbonyl (C=O) groups excluding carboxylic acids is 2. The lowest BCUT2D eigenvalue weighted by molar-refractivity contribution is 0.0519. The van der Waals surface area contributed by atoms with Crippen molar-refractivity contribution in [2.24, 2.45) is 0 Å². The molecule has 0 spiro atoms. The fraction of sp³-hybridized carbons (Fsp3) is 0.176. The second-order valence-electron chi connectivity index (χ2n) is 4.92. The highest BCUT2D eigenvalue weighted by Crippen LogP contribution is 2.24. The van der Waals surface area contributed by atoms with Gasteiger partial charge >= 0.3 is 5.97 Å². The van der Waals surface area contributed by atoms with Gasteiger partial charge < -0.3 is 4.74 Å². The Morgan fingerprint density at radius 2 is 1.91 bits per heavy atom. The molecule has 2 heterocycles. The average Bonchev–Trinajstić information content (AvgIpc) is 3.24. The third-order valence-corrected chi connectivity index (χ3v) is 3.43. The summed E-state index contributed by atoms with van der Waals surface area (Å²) in [5.74, 6) is -0.955. The van der Waals surface area contributed by atoms with E-state index in [-0.39, 0.29) is 24.1 Å². The van der Waals surface area contributed by atoms with Gasteiger partial charge in [0.1, 0.15) is 0 Å². The number of aromatic nitrogens is 3. The lowest BCUT2D eigenvalue weighted by Crippen LogP contribution is -2.18. The van der Waals surface area contributed by atoms with Crippen molar-refractivity contribution in [2.75, 3.05) is 6.61 Å². The number of rotatable bonds is 4. The van der Waals surface area contributed by atoms with Crippen LogP contribution in [0.5, 0.6) is 0 Å². The summed E-state index contributed by atoms with van der Waals surface area (Å²) in [5.41, 5.74) is 1.20. The number of hydrogen-bond acceptors (Lipinski definition) is 5. The molecule has 3 rings (SSSR count). The van der Waals surface area contributed by atoms with E-state index in [1.54, 1.807) is 25.1 Å². The molecule has 0 unspecified atom stereocenters. The smallest absolute Gasteiger partial charge is 0.358 e. The largest absolute Gasteiger partial charge is 0.461 e.